The van der Waals surface area contributed by atoms with Gasteiger partial charge in [-0.15, -0.1) is 11.3 Å². The Kier molecular flexibility index (Phi) is 7.21. The topological polar surface area (TPSA) is 3.24 Å². The molecule has 0 N–H and O–H groups in total. The fourth-order valence-corrected chi connectivity index (χ4v) is 14.5. The third-order valence-electron chi connectivity index (χ3n) is 15.4. The smallest absolute Gasteiger partial charge is 0.0543 e. The molecule has 55 heavy (non-hydrogen) atoms. The molecule has 2 spiro atoms. The first-order valence-electron chi connectivity index (χ1n) is 21.4. The minimum absolute atomic E-state index is 0.0755. The fraction of sp³-hybridized carbons (Fsp3) is 0.321. The monoisotopic (exact) mass is 731 g/mol. The van der Waals surface area contributed by atoms with E-state index in [9.17, 15) is 0 Å². The van der Waals surface area contributed by atoms with Gasteiger partial charge in [0.2, 0.25) is 0 Å². The lowest BCUT2D eigenvalue weighted by Crippen LogP contribution is -2.48. The van der Waals surface area contributed by atoms with Gasteiger partial charge < -0.3 is 4.90 Å². The second-order valence-electron chi connectivity index (χ2n) is 17.7. The summed E-state index contributed by atoms with van der Waals surface area (Å²) in [7, 11) is 0. The van der Waals surface area contributed by atoms with Crippen molar-refractivity contribution in [2.75, 3.05) is 4.90 Å². The maximum Gasteiger partial charge on any atom is 0.0543 e. The molecule has 0 saturated heterocycles. The molecule has 0 aliphatic heterocycles. The summed E-state index contributed by atoms with van der Waals surface area (Å²) in [6, 6.07) is 50.2. The van der Waals surface area contributed by atoms with E-state index >= 15 is 0 Å². The molecule has 7 aromatic rings. The molecular formula is C53H49NS. The van der Waals surface area contributed by atoms with Gasteiger partial charge in [-0.3, -0.25) is 0 Å². The van der Waals surface area contributed by atoms with Gasteiger partial charge in [0.05, 0.1) is 5.69 Å². The number of fused-ring (bicyclic) bond motifs is 16. The van der Waals surface area contributed by atoms with Crippen LogP contribution < -0.4 is 4.90 Å². The van der Waals surface area contributed by atoms with Crippen LogP contribution in [0.4, 0.5) is 17.1 Å². The highest BCUT2D eigenvalue weighted by molar-refractivity contribution is 7.25. The van der Waals surface area contributed by atoms with E-state index in [1.807, 2.05) is 11.3 Å². The molecular weight excluding hydrogens is 683 g/mol. The molecule has 5 aliphatic rings. The molecule has 1 aromatic heterocycles. The molecule has 0 amide bonds. The molecule has 272 valence electrons. The summed E-state index contributed by atoms with van der Waals surface area (Å²) in [6.45, 7) is 2.48. The second kappa shape index (κ2) is 12.2. The lowest BCUT2D eigenvalue weighted by Gasteiger charge is -2.54. The number of rotatable bonds is 4. The summed E-state index contributed by atoms with van der Waals surface area (Å²) in [4.78, 5) is 2.67. The summed E-state index contributed by atoms with van der Waals surface area (Å²) >= 11 is 1.93. The first-order chi connectivity index (χ1) is 27.2. The quantitative estimate of drug-likeness (QED) is 0.174. The summed E-state index contributed by atoms with van der Waals surface area (Å²) in [5.74, 6) is 2.25. The third kappa shape index (κ3) is 4.41. The van der Waals surface area contributed by atoms with Gasteiger partial charge in [0.15, 0.2) is 0 Å². The number of thiophene rings is 1. The highest BCUT2D eigenvalue weighted by Gasteiger charge is 2.56. The minimum atomic E-state index is 0.0755. The van der Waals surface area contributed by atoms with Crippen LogP contribution in [0.25, 0.3) is 42.4 Å². The van der Waals surface area contributed by atoms with Crippen molar-refractivity contribution < 1.29 is 0 Å². The van der Waals surface area contributed by atoms with E-state index in [-0.39, 0.29) is 10.8 Å². The maximum absolute atomic E-state index is 2.69. The molecule has 3 fully saturated rings. The van der Waals surface area contributed by atoms with Crippen molar-refractivity contribution in [1.29, 1.82) is 0 Å². The van der Waals surface area contributed by atoms with E-state index in [1.54, 1.807) is 22.3 Å². The van der Waals surface area contributed by atoms with Crippen molar-refractivity contribution in [3.05, 3.63) is 150 Å². The average Bonchev–Trinajstić information content (AvgIpc) is 3.85. The molecule has 6 aromatic carbocycles. The van der Waals surface area contributed by atoms with Crippen LogP contribution in [0.2, 0.25) is 0 Å². The van der Waals surface area contributed by atoms with Gasteiger partial charge in [0.25, 0.3) is 0 Å². The van der Waals surface area contributed by atoms with Crippen molar-refractivity contribution in [2.45, 2.75) is 88.4 Å². The summed E-state index contributed by atoms with van der Waals surface area (Å²) < 4.78 is 2.72. The largest absolute Gasteiger partial charge is 0.310 e. The highest BCUT2D eigenvalue weighted by atomic mass is 32.1. The Morgan fingerprint density at radius 2 is 1.31 bits per heavy atom. The fourth-order valence-electron chi connectivity index (χ4n) is 13.3. The first kappa shape index (κ1) is 32.6. The van der Waals surface area contributed by atoms with E-state index in [4.69, 9.17) is 0 Å². The number of nitrogens with zero attached hydrogens (tertiary/aromatic N) is 1. The van der Waals surface area contributed by atoms with Crippen molar-refractivity contribution >= 4 is 48.6 Å². The predicted molar refractivity (Wildman–Crippen MR) is 233 cm³/mol. The molecule has 0 radical (unpaired) electrons. The Bertz CT molecular complexity index is 2650. The van der Waals surface area contributed by atoms with E-state index < -0.39 is 0 Å². The third-order valence-corrected chi connectivity index (χ3v) is 16.5. The Morgan fingerprint density at radius 1 is 0.582 bits per heavy atom. The second-order valence-corrected chi connectivity index (χ2v) is 18.8. The number of hydrogen-bond donors (Lipinski definition) is 0. The minimum Gasteiger partial charge on any atom is -0.310 e. The number of benzene rings is 6. The van der Waals surface area contributed by atoms with Gasteiger partial charge in [-0.2, -0.15) is 0 Å². The van der Waals surface area contributed by atoms with E-state index in [2.05, 4.69) is 139 Å². The Hall–Kier alpha value is -4.66. The van der Waals surface area contributed by atoms with E-state index in [1.165, 1.54) is 130 Å². The SMILES string of the molecule is CCC1CC2CCCC(C2)C12c1ccccc1-c1ccc(N(c3ccc4c(c3)sc3ccccc34)c3cccc4c3-c3ccccc3C43CCCCC3)cc12. The number of anilines is 3. The van der Waals surface area contributed by atoms with Gasteiger partial charge in [0.1, 0.15) is 0 Å². The van der Waals surface area contributed by atoms with E-state index in [0.717, 1.165) is 5.92 Å². The van der Waals surface area contributed by atoms with Gasteiger partial charge in [-0.05, 0) is 125 Å². The van der Waals surface area contributed by atoms with Crippen molar-refractivity contribution in [3.63, 3.8) is 0 Å². The van der Waals surface area contributed by atoms with E-state index in [0.29, 0.717) is 11.8 Å². The summed E-state index contributed by atoms with van der Waals surface area (Å²) in [5.41, 5.74) is 16.3. The highest BCUT2D eigenvalue weighted by Crippen LogP contribution is 2.66. The number of hydrogen-bond acceptors (Lipinski definition) is 2. The Labute approximate surface area is 330 Å². The van der Waals surface area contributed by atoms with Gasteiger partial charge in [0, 0.05) is 47.9 Å². The molecule has 12 rings (SSSR count). The molecule has 1 heterocycles. The van der Waals surface area contributed by atoms with Crippen LogP contribution in [-0.4, -0.2) is 0 Å². The Balaban J connectivity index is 1.13. The summed E-state index contributed by atoms with van der Waals surface area (Å²) in [5, 5.41) is 2.72. The summed E-state index contributed by atoms with van der Waals surface area (Å²) in [6.07, 6.45) is 14.6. The molecule has 4 atom stereocenters. The van der Waals surface area contributed by atoms with Gasteiger partial charge >= 0.3 is 0 Å². The lowest BCUT2D eigenvalue weighted by atomic mass is 9.50. The van der Waals surface area contributed by atoms with Crippen LogP contribution in [-0.2, 0) is 10.8 Å². The lowest BCUT2D eigenvalue weighted by molar-refractivity contribution is 0.0557. The molecule has 2 heteroatoms. The average molecular weight is 732 g/mol. The van der Waals surface area contributed by atoms with Crippen LogP contribution in [0, 0.1) is 17.8 Å². The zero-order valence-electron chi connectivity index (χ0n) is 32.0. The zero-order chi connectivity index (χ0) is 36.3. The van der Waals surface area contributed by atoms with Crippen LogP contribution in [0.1, 0.15) is 99.8 Å². The van der Waals surface area contributed by atoms with Gasteiger partial charge in [-0.25, -0.2) is 0 Å². The predicted octanol–water partition coefficient (Wildman–Crippen LogP) is 15.3. The molecule has 1 nitrogen and oxygen atoms in total. The Morgan fingerprint density at radius 3 is 2.20 bits per heavy atom. The first-order valence-corrected chi connectivity index (χ1v) is 22.2. The molecule has 3 saturated carbocycles. The van der Waals surface area contributed by atoms with Crippen molar-refractivity contribution in [2.24, 2.45) is 17.8 Å². The normalized spacial score (nSPS) is 24.2. The van der Waals surface area contributed by atoms with Crippen LogP contribution in [0.5, 0.6) is 0 Å². The van der Waals surface area contributed by atoms with Crippen LogP contribution in [0.3, 0.4) is 0 Å². The zero-order valence-corrected chi connectivity index (χ0v) is 32.8. The molecule has 2 bridgehead atoms. The van der Waals surface area contributed by atoms with Crippen molar-refractivity contribution in [1.82, 2.24) is 0 Å². The van der Waals surface area contributed by atoms with Crippen molar-refractivity contribution in [3.8, 4) is 22.3 Å². The van der Waals surface area contributed by atoms with Crippen LogP contribution in [0.15, 0.2) is 127 Å². The standard InChI is InChI=1S/C53H49NS/c1-2-35-30-34-14-12-15-36(31-34)53(35)45-20-8-4-16-39(45)40-26-24-37(32-47(40)53)54(38-25-27-42-41-17-6-9-23-49(41)55-50(42)33-38)48-22-13-21-46-51(48)43-18-5-7-19-44(43)52(46)28-10-3-11-29-52/h4-9,13,16-27,32-36H,2-3,10-12,14-15,28-31H2,1H3. The van der Waals surface area contributed by atoms with Crippen LogP contribution >= 0.6 is 11.3 Å². The molecule has 4 unspecified atom stereocenters. The maximum atomic E-state index is 2.69. The molecule has 5 aliphatic carbocycles. The van der Waals surface area contributed by atoms with Gasteiger partial charge in [-0.1, -0.05) is 136 Å².